The Morgan fingerprint density at radius 3 is 2.57 bits per heavy atom. The van der Waals surface area contributed by atoms with E-state index in [1.54, 1.807) is 0 Å². The van der Waals surface area contributed by atoms with Crippen LogP contribution in [0, 0.1) is 0 Å². The van der Waals surface area contributed by atoms with Crippen molar-refractivity contribution in [1.29, 1.82) is 0 Å². The quantitative estimate of drug-likeness (QED) is 0.736. The fraction of sp³-hybridized carbons (Fsp3) is 0.455. The van der Waals surface area contributed by atoms with Crippen LogP contribution in [0.2, 0.25) is 5.02 Å². The standard InChI is InChI=1S/C11H17ClN2/c1-9(14-8-2-7-13)10-3-5-11(12)6-4-10/h3-6,9,14H,2,7-8,13H2,1H3/t9-/m0/s1. The molecule has 2 nitrogen and oxygen atoms in total. The second-order valence-electron chi connectivity index (χ2n) is 3.37. The molecule has 0 heterocycles. The summed E-state index contributed by atoms with van der Waals surface area (Å²) in [5, 5.41) is 4.18. The van der Waals surface area contributed by atoms with Crippen molar-refractivity contribution in [3.05, 3.63) is 34.9 Å². The topological polar surface area (TPSA) is 38.0 Å². The number of benzene rings is 1. The lowest BCUT2D eigenvalue weighted by atomic mass is 10.1. The highest BCUT2D eigenvalue weighted by molar-refractivity contribution is 6.30. The lowest BCUT2D eigenvalue weighted by Gasteiger charge is -2.13. The van der Waals surface area contributed by atoms with Gasteiger partial charge in [0, 0.05) is 11.1 Å². The number of hydrogen-bond donors (Lipinski definition) is 2. The van der Waals surface area contributed by atoms with Gasteiger partial charge >= 0.3 is 0 Å². The summed E-state index contributed by atoms with van der Waals surface area (Å²) in [6, 6.07) is 8.28. The van der Waals surface area contributed by atoms with E-state index in [9.17, 15) is 0 Å². The minimum Gasteiger partial charge on any atom is -0.330 e. The molecule has 1 aromatic carbocycles. The summed E-state index contributed by atoms with van der Waals surface area (Å²) < 4.78 is 0. The van der Waals surface area contributed by atoms with Crippen molar-refractivity contribution in [2.45, 2.75) is 19.4 Å². The highest BCUT2D eigenvalue weighted by Crippen LogP contribution is 2.15. The Hall–Kier alpha value is -0.570. The Bertz CT molecular complexity index is 258. The first-order chi connectivity index (χ1) is 6.74. The van der Waals surface area contributed by atoms with Gasteiger partial charge in [-0.1, -0.05) is 23.7 Å². The van der Waals surface area contributed by atoms with Gasteiger partial charge in [0.1, 0.15) is 0 Å². The molecule has 0 bridgehead atoms. The molecule has 0 aliphatic rings. The molecule has 1 rings (SSSR count). The minimum atomic E-state index is 0.360. The van der Waals surface area contributed by atoms with Crippen molar-refractivity contribution in [1.82, 2.24) is 5.32 Å². The molecule has 0 fully saturated rings. The van der Waals surface area contributed by atoms with Crippen LogP contribution in [-0.2, 0) is 0 Å². The maximum atomic E-state index is 5.81. The van der Waals surface area contributed by atoms with E-state index >= 15 is 0 Å². The molecule has 78 valence electrons. The Kier molecular flexibility index (Phi) is 4.94. The van der Waals surface area contributed by atoms with Crippen LogP contribution >= 0.6 is 11.6 Å². The lowest BCUT2D eigenvalue weighted by molar-refractivity contribution is 0.562. The second-order valence-corrected chi connectivity index (χ2v) is 3.81. The van der Waals surface area contributed by atoms with Gasteiger partial charge in [0.2, 0.25) is 0 Å². The average Bonchev–Trinajstić information content (AvgIpc) is 2.19. The highest BCUT2D eigenvalue weighted by Gasteiger charge is 2.02. The molecule has 0 radical (unpaired) electrons. The first-order valence-corrected chi connectivity index (χ1v) is 5.30. The summed E-state index contributed by atoms with van der Waals surface area (Å²) in [6.07, 6.45) is 1.01. The predicted octanol–water partition coefficient (Wildman–Crippen LogP) is 2.34. The van der Waals surface area contributed by atoms with Crippen molar-refractivity contribution >= 4 is 11.6 Å². The number of nitrogens with one attached hydrogen (secondary N) is 1. The van der Waals surface area contributed by atoms with Crippen molar-refractivity contribution in [2.24, 2.45) is 5.73 Å². The molecule has 14 heavy (non-hydrogen) atoms. The minimum absolute atomic E-state index is 0.360. The zero-order chi connectivity index (χ0) is 10.4. The normalized spacial score (nSPS) is 12.8. The number of halogens is 1. The van der Waals surface area contributed by atoms with Crippen molar-refractivity contribution in [3.8, 4) is 0 Å². The third kappa shape index (κ3) is 3.66. The molecule has 0 unspecified atom stereocenters. The molecule has 0 spiro atoms. The Labute approximate surface area is 90.4 Å². The van der Waals surface area contributed by atoms with Crippen molar-refractivity contribution in [3.63, 3.8) is 0 Å². The van der Waals surface area contributed by atoms with Gasteiger partial charge in [0.05, 0.1) is 0 Å². The third-order valence-electron chi connectivity index (χ3n) is 2.20. The van der Waals surface area contributed by atoms with E-state index in [4.69, 9.17) is 17.3 Å². The maximum Gasteiger partial charge on any atom is 0.0406 e. The molecular weight excluding hydrogens is 196 g/mol. The SMILES string of the molecule is C[C@H](NCCCN)c1ccc(Cl)cc1. The molecule has 0 aliphatic heterocycles. The molecular formula is C11H17ClN2. The van der Waals surface area contributed by atoms with E-state index in [2.05, 4.69) is 12.2 Å². The zero-order valence-electron chi connectivity index (χ0n) is 8.46. The fourth-order valence-electron chi connectivity index (χ4n) is 1.29. The van der Waals surface area contributed by atoms with Crippen LogP contribution in [0.3, 0.4) is 0 Å². The molecule has 0 amide bonds. The van der Waals surface area contributed by atoms with Gasteiger partial charge in [-0.25, -0.2) is 0 Å². The average molecular weight is 213 g/mol. The number of hydrogen-bond acceptors (Lipinski definition) is 2. The zero-order valence-corrected chi connectivity index (χ0v) is 9.22. The largest absolute Gasteiger partial charge is 0.330 e. The first-order valence-electron chi connectivity index (χ1n) is 4.93. The molecule has 3 N–H and O–H groups in total. The van der Waals surface area contributed by atoms with Crippen LogP contribution in [-0.4, -0.2) is 13.1 Å². The van der Waals surface area contributed by atoms with Gasteiger partial charge in [0.25, 0.3) is 0 Å². The molecule has 0 saturated carbocycles. The van der Waals surface area contributed by atoms with Gasteiger partial charge in [-0.2, -0.15) is 0 Å². The fourth-order valence-corrected chi connectivity index (χ4v) is 1.42. The molecule has 0 saturated heterocycles. The van der Waals surface area contributed by atoms with E-state index in [1.807, 2.05) is 24.3 Å². The summed E-state index contributed by atoms with van der Waals surface area (Å²) in [6.45, 7) is 3.83. The van der Waals surface area contributed by atoms with Gasteiger partial charge in [-0.15, -0.1) is 0 Å². The van der Waals surface area contributed by atoms with Gasteiger partial charge in [-0.3, -0.25) is 0 Å². The maximum absolute atomic E-state index is 5.81. The highest BCUT2D eigenvalue weighted by atomic mass is 35.5. The summed E-state index contributed by atoms with van der Waals surface area (Å²) in [5.41, 5.74) is 6.67. The monoisotopic (exact) mass is 212 g/mol. The third-order valence-corrected chi connectivity index (χ3v) is 2.45. The van der Waals surface area contributed by atoms with E-state index in [-0.39, 0.29) is 0 Å². The van der Waals surface area contributed by atoms with Crippen LogP contribution in [0.4, 0.5) is 0 Å². The van der Waals surface area contributed by atoms with E-state index in [0.29, 0.717) is 6.04 Å². The summed E-state index contributed by atoms with van der Waals surface area (Å²) in [4.78, 5) is 0. The van der Waals surface area contributed by atoms with E-state index in [1.165, 1.54) is 5.56 Å². The van der Waals surface area contributed by atoms with Gasteiger partial charge in [-0.05, 0) is 44.1 Å². The smallest absolute Gasteiger partial charge is 0.0406 e. The summed E-state index contributed by atoms with van der Waals surface area (Å²) in [5.74, 6) is 0. The molecule has 0 aliphatic carbocycles. The van der Waals surface area contributed by atoms with E-state index < -0.39 is 0 Å². The van der Waals surface area contributed by atoms with E-state index in [0.717, 1.165) is 24.5 Å². The predicted molar refractivity (Wildman–Crippen MR) is 61.5 cm³/mol. The molecule has 1 aromatic rings. The van der Waals surface area contributed by atoms with Crippen LogP contribution < -0.4 is 11.1 Å². The Balaban J connectivity index is 2.43. The lowest BCUT2D eigenvalue weighted by Crippen LogP contribution is -2.21. The molecule has 1 atom stereocenters. The number of rotatable bonds is 5. The summed E-state index contributed by atoms with van der Waals surface area (Å²) >= 11 is 5.81. The van der Waals surface area contributed by atoms with Gasteiger partial charge in [0.15, 0.2) is 0 Å². The molecule has 0 aromatic heterocycles. The van der Waals surface area contributed by atoms with Crippen LogP contribution in [0.15, 0.2) is 24.3 Å². The number of nitrogens with two attached hydrogens (primary N) is 1. The van der Waals surface area contributed by atoms with Crippen LogP contribution in [0.1, 0.15) is 24.9 Å². The van der Waals surface area contributed by atoms with Crippen LogP contribution in [0.5, 0.6) is 0 Å². The second kappa shape index (κ2) is 6.02. The van der Waals surface area contributed by atoms with Crippen molar-refractivity contribution < 1.29 is 0 Å². The Morgan fingerprint density at radius 2 is 2.00 bits per heavy atom. The summed E-state index contributed by atoms with van der Waals surface area (Å²) in [7, 11) is 0. The van der Waals surface area contributed by atoms with Crippen molar-refractivity contribution in [2.75, 3.05) is 13.1 Å². The molecule has 3 heteroatoms. The first kappa shape index (κ1) is 11.5. The Morgan fingerprint density at radius 1 is 1.36 bits per heavy atom. The van der Waals surface area contributed by atoms with Crippen LogP contribution in [0.25, 0.3) is 0 Å². The van der Waals surface area contributed by atoms with Gasteiger partial charge < -0.3 is 11.1 Å².